The number of alkyl halides is 3. The van der Waals surface area contributed by atoms with Gasteiger partial charge in [-0.1, -0.05) is 11.3 Å². The Morgan fingerprint density at radius 1 is 1.23 bits per heavy atom. The zero-order valence-electron chi connectivity index (χ0n) is 15.7. The van der Waals surface area contributed by atoms with E-state index in [9.17, 15) is 32.9 Å². The number of nitrogens with zero attached hydrogens (tertiary/aromatic N) is 4. The fourth-order valence-electron chi connectivity index (χ4n) is 3.99. The second-order valence-corrected chi connectivity index (χ2v) is 8.50. The molecule has 8 nitrogen and oxygen atoms in total. The van der Waals surface area contributed by atoms with Gasteiger partial charge in [0.1, 0.15) is 4.70 Å². The topological polar surface area (TPSA) is 106 Å². The van der Waals surface area contributed by atoms with E-state index < -0.39 is 38.7 Å². The van der Waals surface area contributed by atoms with Gasteiger partial charge in [0.25, 0.3) is 17.2 Å². The highest BCUT2D eigenvalue weighted by molar-refractivity contribution is 7.22. The molecule has 2 aliphatic rings. The van der Waals surface area contributed by atoms with E-state index in [1.165, 1.54) is 0 Å². The summed E-state index contributed by atoms with van der Waals surface area (Å²) in [5, 5.41) is 11.1. The lowest BCUT2D eigenvalue weighted by molar-refractivity contribution is -0.383. The second-order valence-electron chi connectivity index (χ2n) is 7.52. The van der Waals surface area contributed by atoms with Crippen LogP contribution in [0.15, 0.2) is 21.9 Å². The molecule has 1 aromatic heterocycles. The van der Waals surface area contributed by atoms with E-state index in [1.807, 2.05) is 0 Å². The molecule has 2 aromatic rings. The standard InChI is InChI=1S/C18H15F3N4O4S/c1-9-8-17(15(27)22-9)2-4-24(5-3-17)16-23-14(26)11-6-10(18(19,20)21)7-12(25(28)29)13(11)30-16/h6-7H,2-5,8H2,1H3. The monoisotopic (exact) mass is 440 g/mol. The molecule has 0 radical (unpaired) electrons. The fraction of sp³-hybridized carbons (Fsp3) is 0.444. The molecule has 158 valence electrons. The maximum absolute atomic E-state index is 13.1. The minimum atomic E-state index is -4.83. The van der Waals surface area contributed by atoms with Gasteiger partial charge in [0.05, 0.1) is 21.3 Å². The number of benzene rings is 1. The summed E-state index contributed by atoms with van der Waals surface area (Å²) in [6.07, 6.45) is -3.28. The molecule has 1 fully saturated rings. The van der Waals surface area contributed by atoms with Gasteiger partial charge < -0.3 is 4.90 Å². The van der Waals surface area contributed by atoms with Gasteiger partial charge in [0.2, 0.25) is 0 Å². The van der Waals surface area contributed by atoms with E-state index in [1.54, 1.807) is 11.8 Å². The van der Waals surface area contributed by atoms with E-state index >= 15 is 0 Å². The summed E-state index contributed by atoms with van der Waals surface area (Å²) < 4.78 is 39.1. The van der Waals surface area contributed by atoms with Crippen molar-refractivity contribution in [3.63, 3.8) is 0 Å². The summed E-state index contributed by atoms with van der Waals surface area (Å²) in [5.41, 5.74) is -2.79. The van der Waals surface area contributed by atoms with Crippen molar-refractivity contribution in [1.29, 1.82) is 0 Å². The van der Waals surface area contributed by atoms with Crippen molar-refractivity contribution in [2.75, 3.05) is 18.0 Å². The van der Waals surface area contributed by atoms with E-state index in [-0.39, 0.29) is 15.7 Å². The Morgan fingerprint density at radius 2 is 1.90 bits per heavy atom. The molecular formula is C18H15F3N4O4S. The van der Waals surface area contributed by atoms with Crippen LogP contribution in [0.1, 0.15) is 31.7 Å². The van der Waals surface area contributed by atoms with Crippen molar-refractivity contribution >= 4 is 43.9 Å². The Balaban J connectivity index is 1.72. The van der Waals surface area contributed by atoms with Crippen LogP contribution in [0.3, 0.4) is 0 Å². The molecular weight excluding hydrogens is 425 g/mol. The quantitative estimate of drug-likeness (QED) is 0.522. The summed E-state index contributed by atoms with van der Waals surface area (Å²) in [7, 11) is 0. The zero-order valence-corrected chi connectivity index (χ0v) is 16.5. The first kappa shape index (κ1) is 20.4. The summed E-state index contributed by atoms with van der Waals surface area (Å²) in [4.78, 5) is 44.8. The number of nitro benzene ring substituents is 1. The number of carbonyl (C=O) groups excluding carboxylic acids is 1. The molecule has 1 aromatic carbocycles. The number of carbonyl (C=O) groups is 1. The van der Waals surface area contributed by atoms with Gasteiger partial charge in [-0.15, -0.1) is 0 Å². The Hall–Kier alpha value is -2.89. The first-order valence-electron chi connectivity index (χ1n) is 9.04. The number of rotatable bonds is 2. The normalized spacial score (nSPS) is 18.9. The van der Waals surface area contributed by atoms with Crippen molar-refractivity contribution in [3.8, 4) is 0 Å². The Morgan fingerprint density at radius 3 is 2.43 bits per heavy atom. The molecule has 0 bridgehead atoms. The van der Waals surface area contributed by atoms with Gasteiger partial charge in [0, 0.05) is 31.3 Å². The average Bonchev–Trinajstić information content (AvgIpc) is 2.93. The van der Waals surface area contributed by atoms with E-state index in [4.69, 9.17) is 0 Å². The molecule has 0 N–H and O–H groups in total. The number of amides is 1. The van der Waals surface area contributed by atoms with E-state index in [0.717, 1.165) is 17.0 Å². The number of aliphatic imine (C=N–C) groups is 1. The van der Waals surface area contributed by atoms with Crippen LogP contribution in [-0.4, -0.2) is 34.6 Å². The highest BCUT2D eigenvalue weighted by Crippen LogP contribution is 2.43. The first-order valence-corrected chi connectivity index (χ1v) is 9.86. The van der Waals surface area contributed by atoms with Crippen molar-refractivity contribution in [2.24, 2.45) is 10.4 Å². The highest BCUT2D eigenvalue weighted by Gasteiger charge is 2.45. The summed E-state index contributed by atoms with van der Waals surface area (Å²) in [6.45, 7) is 2.57. The number of nitro groups is 1. The smallest absolute Gasteiger partial charge is 0.348 e. The largest absolute Gasteiger partial charge is 0.416 e. The highest BCUT2D eigenvalue weighted by atomic mass is 32.1. The van der Waals surface area contributed by atoms with Gasteiger partial charge in [0.15, 0.2) is 5.13 Å². The molecule has 1 saturated heterocycles. The lowest BCUT2D eigenvalue weighted by Crippen LogP contribution is -2.43. The molecule has 1 amide bonds. The van der Waals surface area contributed by atoms with Crippen molar-refractivity contribution in [3.05, 3.63) is 38.2 Å². The third-order valence-electron chi connectivity index (χ3n) is 5.55. The van der Waals surface area contributed by atoms with Crippen LogP contribution >= 0.6 is 11.3 Å². The minimum Gasteiger partial charge on any atom is -0.348 e. The summed E-state index contributed by atoms with van der Waals surface area (Å²) in [6, 6.07) is 1.03. The number of halogens is 3. The number of hydrogen-bond acceptors (Lipinski definition) is 7. The number of fused-ring (bicyclic) bond motifs is 1. The number of aromatic nitrogens is 1. The van der Waals surface area contributed by atoms with Crippen LogP contribution in [0.5, 0.6) is 0 Å². The van der Waals surface area contributed by atoms with Crippen molar-refractivity contribution in [1.82, 2.24) is 4.98 Å². The lowest BCUT2D eigenvalue weighted by atomic mass is 9.76. The summed E-state index contributed by atoms with van der Waals surface area (Å²) >= 11 is 0.806. The van der Waals surface area contributed by atoms with Crippen molar-refractivity contribution < 1.29 is 22.9 Å². The van der Waals surface area contributed by atoms with Crippen LogP contribution < -0.4 is 10.5 Å². The van der Waals surface area contributed by atoms with Gasteiger partial charge in [-0.05, 0) is 25.8 Å². The van der Waals surface area contributed by atoms with Gasteiger partial charge in [-0.2, -0.15) is 18.2 Å². The van der Waals surface area contributed by atoms with Crippen LogP contribution in [0.4, 0.5) is 24.0 Å². The average molecular weight is 440 g/mol. The van der Waals surface area contributed by atoms with Crippen molar-refractivity contribution in [2.45, 2.75) is 32.4 Å². The number of piperidine rings is 1. The van der Waals surface area contributed by atoms with Gasteiger partial charge in [-0.3, -0.25) is 19.7 Å². The molecule has 1 spiro atoms. The van der Waals surface area contributed by atoms with Crippen LogP contribution in [0.2, 0.25) is 0 Å². The third kappa shape index (κ3) is 3.34. The van der Waals surface area contributed by atoms with Gasteiger partial charge >= 0.3 is 6.18 Å². The number of non-ortho nitro benzene ring substituents is 1. The molecule has 2 aliphatic heterocycles. The maximum Gasteiger partial charge on any atom is 0.416 e. The van der Waals surface area contributed by atoms with E-state index in [0.29, 0.717) is 44.5 Å². The molecule has 0 saturated carbocycles. The molecule has 4 rings (SSSR count). The molecule has 12 heteroatoms. The fourth-order valence-corrected chi connectivity index (χ4v) is 5.11. The Kier molecular flexibility index (Phi) is 4.64. The lowest BCUT2D eigenvalue weighted by Gasteiger charge is -2.37. The molecule has 0 atom stereocenters. The molecule has 0 unspecified atom stereocenters. The zero-order chi connectivity index (χ0) is 21.8. The minimum absolute atomic E-state index is 0.153. The molecule has 30 heavy (non-hydrogen) atoms. The van der Waals surface area contributed by atoms with Crippen LogP contribution in [0, 0.1) is 15.5 Å². The molecule has 0 aliphatic carbocycles. The van der Waals surface area contributed by atoms with Gasteiger partial charge in [-0.25, -0.2) is 4.99 Å². The Bertz CT molecular complexity index is 1170. The maximum atomic E-state index is 13.1. The number of hydrogen-bond donors (Lipinski definition) is 0. The SMILES string of the molecule is CC1=NC(=O)C2(CCN(c3nc(=O)c4cc(C(F)(F)F)cc([N+](=O)[O-])c4s3)CC2)C1. The predicted octanol–water partition coefficient (Wildman–Crippen LogP) is 3.56. The third-order valence-corrected chi connectivity index (χ3v) is 6.71. The molecule has 3 heterocycles. The predicted molar refractivity (Wildman–Crippen MR) is 104 cm³/mol. The van der Waals surface area contributed by atoms with E-state index in [2.05, 4.69) is 9.98 Å². The van der Waals surface area contributed by atoms with Crippen LogP contribution in [0.25, 0.3) is 10.1 Å². The second kappa shape index (κ2) is 6.83. The first-order chi connectivity index (χ1) is 14.0. The number of anilines is 1. The van der Waals surface area contributed by atoms with Crippen LogP contribution in [-0.2, 0) is 11.0 Å². The Labute approximate surface area is 171 Å². The summed E-state index contributed by atoms with van der Waals surface area (Å²) in [5.74, 6) is -0.158.